The van der Waals surface area contributed by atoms with E-state index in [-0.39, 0.29) is 34.9 Å². The molecule has 11 N–H and O–H groups in total. The number of fused-ring (bicyclic) bond motifs is 5. The van der Waals surface area contributed by atoms with Crippen LogP contribution < -0.4 is 0 Å². The quantitative estimate of drug-likeness (QED) is 0.110. The minimum absolute atomic E-state index is 0.0260. The Labute approximate surface area is 388 Å². The van der Waals surface area contributed by atoms with Crippen molar-refractivity contribution in [2.24, 2.45) is 45.3 Å². The first-order valence-corrected chi connectivity index (χ1v) is 24.2. The van der Waals surface area contributed by atoms with E-state index in [1.807, 2.05) is 0 Å². The second-order valence-corrected chi connectivity index (χ2v) is 22.8. The van der Waals surface area contributed by atoms with Gasteiger partial charge in [0.1, 0.15) is 72.9 Å². The average molecular weight is 945 g/mol. The minimum Gasteiger partial charge on any atom is -0.394 e. The van der Waals surface area contributed by atoms with Crippen LogP contribution in [0, 0.1) is 45.3 Å². The van der Waals surface area contributed by atoms with E-state index in [2.05, 4.69) is 47.6 Å². The van der Waals surface area contributed by atoms with Gasteiger partial charge in [-0.3, -0.25) is 4.79 Å². The molecule has 18 nitrogen and oxygen atoms in total. The highest BCUT2D eigenvalue weighted by Crippen LogP contribution is 2.74. The van der Waals surface area contributed by atoms with Gasteiger partial charge in [-0.15, -0.1) is 0 Å². The lowest BCUT2D eigenvalue weighted by atomic mass is 9.38. The molecule has 3 heterocycles. The molecule has 0 aromatic heterocycles. The van der Waals surface area contributed by atoms with Crippen LogP contribution >= 0.6 is 0 Å². The van der Waals surface area contributed by atoms with E-state index in [9.17, 15) is 56.2 Å². The first-order chi connectivity index (χ1) is 30.7. The number of allylic oxidation sites excluding steroid dienone is 1. The normalized spacial score (nSPS) is 50.5. The maximum Gasteiger partial charge on any atom is 0.187 e. The Morgan fingerprint density at radius 1 is 0.742 bits per heavy atom. The van der Waals surface area contributed by atoms with Crippen molar-refractivity contribution in [2.45, 2.75) is 224 Å². The predicted molar refractivity (Wildman–Crippen MR) is 233 cm³/mol. The largest absolute Gasteiger partial charge is 0.394 e. The molecule has 6 fully saturated rings. The molecule has 7 rings (SSSR count). The summed E-state index contributed by atoms with van der Waals surface area (Å²) in [4.78, 5) is 15.1. The molecule has 0 unspecified atom stereocenters. The van der Waals surface area contributed by atoms with E-state index in [0.29, 0.717) is 38.5 Å². The second kappa shape index (κ2) is 19.1. The van der Waals surface area contributed by atoms with Gasteiger partial charge >= 0.3 is 0 Å². The van der Waals surface area contributed by atoms with Crippen molar-refractivity contribution in [1.29, 1.82) is 0 Å². The summed E-state index contributed by atoms with van der Waals surface area (Å²) in [5, 5.41) is 116. The Balaban J connectivity index is 1.05. The second-order valence-electron chi connectivity index (χ2n) is 22.8. The number of carbonyl (C=O) groups excluding carboxylic acids is 1. The lowest BCUT2D eigenvalue weighted by Gasteiger charge is -2.65. The lowest BCUT2D eigenvalue weighted by molar-refractivity contribution is -0.372. The number of hydrogen-bond acceptors (Lipinski definition) is 18. The van der Waals surface area contributed by atoms with Crippen LogP contribution in [0.1, 0.15) is 114 Å². The number of aliphatic hydroxyl groups is 11. The number of hydrogen-bond donors (Lipinski definition) is 11. The van der Waals surface area contributed by atoms with E-state index < -0.39 is 139 Å². The number of aliphatic hydroxyl groups excluding tert-OH is 11. The zero-order valence-electron chi connectivity index (χ0n) is 40.0. The minimum atomic E-state index is -1.70. The Kier molecular flexibility index (Phi) is 15.2. The first-order valence-electron chi connectivity index (χ1n) is 24.2. The summed E-state index contributed by atoms with van der Waals surface area (Å²) in [5.74, 6) is 0.0279. The molecule has 66 heavy (non-hydrogen) atoms. The molecule has 7 aliphatic rings. The summed E-state index contributed by atoms with van der Waals surface area (Å²) in [6.07, 6.45) is -15.7. The molecular weight excluding hydrogens is 865 g/mol. The molecule has 0 bridgehead atoms. The van der Waals surface area contributed by atoms with Gasteiger partial charge in [0.25, 0.3) is 0 Å². The van der Waals surface area contributed by atoms with Gasteiger partial charge in [-0.25, -0.2) is 0 Å². The lowest BCUT2D eigenvalue weighted by Crippen LogP contribution is -2.65. The molecule has 24 atom stereocenters. The van der Waals surface area contributed by atoms with Gasteiger partial charge in [0.2, 0.25) is 0 Å². The van der Waals surface area contributed by atoms with Crippen LogP contribution in [-0.4, -0.2) is 185 Å². The summed E-state index contributed by atoms with van der Waals surface area (Å²) in [7, 11) is 0. The summed E-state index contributed by atoms with van der Waals surface area (Å²) < 4.78 is 36.1. The standard InChI is InChI=1S/C48H80O18/c1-21(26(51)15-16-44(3,4)66-42-39(60)36(57)33(54)27(19-49)62-42)23-14-17-46(7)29-12-10-24-25(48(29,9)30(52)18-47(23,46)8)11-13-31(45(24,5)6)64-43-40(37(58)34(55)28(20-50)63-43)65-41-38(59)35(56)32(53)22(2)61-41/h10,21-23,25-29,31-43,49-51,53-60H,11-20H2,1-9H3/t21-,22-,23+,25+,26+,27+,28+,29-,31-,32-,33+,34+,35+,36-,37-,38+,39+,40+,41-,42-,43-,46-,47+,48-/m0/s1. The number of Topliss-reactive ketones (excluding diaryl/α,β-unsaturated/α-hetero) is 1. The zero-order valence-corrected chi connectivity index (χ0v) is 40.0. The monoisotopic (exact) mass is 945 g/mol. The highest BCUT2D eigenvalue weighted by Gasteiger charge is 2.71. The highest BCUT2D eigenvalue weighted by atomic mass is 16.8. The smallest absolute Gasteiger partial charge is 0.187 e. The summed E-state index contributed by atoms with van der Waals surface area (Å²) in [5.41, 5.74) is -1.80. The maximum atomic E-state index is 15.1. The molecule has 0 radical (unpaired) electrons. The van der Waals surface area contributed by atoms with Gasteiger partial charge in [-0.05, 0) is 100 Å². The fourth-order valence-corrected chi connectivity index (χ4v) is 13.9. The van der Waals surface area contributed by atoms with Crippen LogP contribution in [0.3, 0.4) is 0 Å². The Bertz CT molecular complexity index is 1740. The molecule has 0 amide bonds. The van der Waals surface area contributed by atoms with Crippen molar-refractivity contribution in [3.05, 3.63) is 11.6 Å². The van der Waals surface area contributed by atoms with Crippen molar-refractivity contribution < 1.29 is 89.4 Å². The number of carbonyl (C=O) groups is 1. The van der Waals surface area contributed by atoms with Gasteiger partial charge < -0.3 is 84.6 Å². The molecule has 3 aliphatic heterocycles. The van der Waals surface area contributed by atoms with Gasteiger partial charge in [-0.2, -0.15) is 0 Å². The van der Waals surface area contributed by atoms with Crippen LogP contribution in [0.2, 0.25) is 0 Å². The highest BCUT2D eigenvalue weighted by molar-refractivity contribution is 5.88. The van der Waals surface area contributed by atoms with E-state index in [1.165, 1.54) is 6.92 Å². The van der Waals surface area contributed by atoms with Gasteiger partial charge in [0, 0.05) is 17.3 Å². The van der Waals surface area contributed by atoms with Gasteiger partial charge in [-0.1, -0.05) is 53.2 Å². The SMILES string of the molecule is C[C@H]([C@H](O)CCC(C)(C)O[C@@H]1O[C@H](CO)[C@@H](O)[C@H](O)[C@H]1O)[C@H]1CC[C@@]2(C)[C@@H]3CC=C4[C@@H](CC[C@H](O[C@@H]5O[C@H](CO)[C@@H](O)[C@H](O)[C@H]5O[C@@H]5O[C@@H](C)[C@H](O)[C@@H](O)[C@H]5O)C4(C)C)[C@]3(C)C(=O)C[C@]12C. The molecule has 0 aromatic rings. The summed E-state index contributed by atoms with van der Waals surface area (Å²) in [6.45, 7) is 16.8. The van der Waals surface area contributed by atoms with E-state index in [0.717, 1.165) is 18.4 Å². The van der Waals surface area contributed by atoms with Crippen molar-refractivity contribution in [3.63, 3.8) is 0 Å². The third-order valence-electron chi connectivity index (χ3n) is 18.4. The molecule has 3 saturated carbocycles. The molecule has 0 spiro atoms. The topological polar surface area (TPSA) is 295 Å². The van der Waals surface area contributed by atoms with Crippen molar-refractivity contribution in [1.82, 2.24) is 0 Å². The Morgan fingerprint density at radius 2 is 1.33 bits per heavy atom. The summed E-state index contributed by atoms with van der Waals surface area (Å²) in [6, 6.07) is 0. The zero-order chi connectivity index (χ0) is 48.8. The fraction of sp³-hybridized carbons (Fsp3) is 0.938. The molecule has 18 heteroatoms. The fourth-order valence-electron chi connectivity index (χ4n) is 13.9. The van der Waals surface area contributed by atoms with Crippen LogP contribution in [0.4, 0.5) is 0 Å². The van der Waals surface area contributed by atoms with E-state index in [4.69, 9.17) is 28.4 Å². The van der Waals surface area contributed by atoms with E-state index in [1.54, 1.807) is 13.8 Å². The van der Waals surface area contributed by atoms with E-state index >= 15 is 4.79 Å². The molecule has 0 aromatic carbocycles. The average Bonchev–Trinajstić information content (AvgIpc) is 3.53. The third-order valence-corrected chi connectivity index (χ3v) is 18.4. The first kappa shape index (κ1) is 52.6. The maximum absolute atomic E-state index is 15.1. The van der Waals surface area contributed by atoms with Crippen molar-refractivity contribution in [3.8, 4) is 0 Å². The molecule has 4 aliphatic carbocycles. The summed E-state index contributed by atoms with van der Waals surface area (Å²) >= 11 is 0. The molecule has 380 valence electrons. The third kappa shape index (κ3) is 8.70. The van der Waals surface area contributed by atoms with Gasteiger partial charge in [0.05, 0.1) is 37.1 Å². The van der Waals surface area contributed by atoms with Crippen LogP contribution in [0.15, 0.2) is 11.6 Å². The molecule has 3 saturated heterocycles. The predicted octanol–water partition coefficient (Wildman–Crippen LogP) is 0.180. The van der Waals surface area contributed by atoms with Crippen molar-refractivity contribution >= 4 is 5.78 Å². The van der Waals surface area contributed by atoms with Crippen LogP contribution in [0.25, 0.3) is 0 Å². The van der Waals surface area contributed by atoms with Crippen molar-refractivity contribution in [2.75, 3.05) is 13.2 Å². The Morgan fingerprint density at radius 3 is 1.97 bits per heavy atom. The number of ketones is 1. The van der Waals surface area contributed by atoms with Gasteiger partial charge in [0.15, 0.2) is 18.9 Å². The van der Waals surface area contributed by atoms with Crippen LogP contribution in [-0.2, 0) is 33.2 Å². The molecular formula is C48H80O18. The Hall–Kier alpha value is -1.27. The van der Waals surface area contributed by atoms with Crippen LogP contribution in [0.5, 0.6) is 0 Å². The number of ether oxygens (including phenoxy) is 6. The number of rotatable bonds is 13.